The second kappa shape index (κ2) is 6.95. The quantitative estimate of drug-likeness (QED) is 0.783. The predicted molar refractivity (Wildman–Crippen MR) is 91.7 cm³/mol. The lowest BCUT2D eigenvalue weighted by molar-refractivity contribution is 0.101. The van der Waals surface area contributed by atoms with Crippen molar-refractivity contribution in [1.29, 1.82) is 0 Å². The van der Waals surface area contributed by atoms with Gasteiger partial charge in [-0.1, -0.05) is 24.3 Å². The van der Waals surface area contributed by atoms with Crippen LogP contribution in [-0.4, -0.2) is 27.3 Å². The van der Waals surface area contributed by atoms with Crippen LogP contribution in [0.4, 0.5) is 5.69 Å². The van der Waals surface area contributed by atoms with Gasteiger partial charge in [-0.25, -0.2) is 9.67 Å². The highest BCUT2D eigenvalue weighted by molar-refractivity contribution is 6.02. The van der Waals surface area contributed by atoms with Crippen molar-refractivity contribution < 1.29 is 9.53 Å². The fourth-order valence-corrected chi connectivity index (χ4v) is 2.26. The maximum atomic E-state index is 12.4. The van der Waals surface area contributed by atoms with Crippen LogP contribution >= 0.6 is 0 Å². The number of ether oxygens (including phenoxy) is 1. The molecule has 1 amide bonds. The molecule has 0 saturated carbocycles. The van der Waals surface area contributed by atoms with E-state index in [2.05, 4.69) is 15.4 Å². The van der Waals surface area contributed by atoms with Crippen LogP contribution < -0.4 is 10.1 Å². The van der Waals surface area contributed by atoms with Crippen molar-refractivity contribution in [3.05, 3.63) is 66.2 Å². The fourth-order valence-electron chi connectivity index (χ4n) is 2.26. The minimum absolute atomic E-state index is 0.0990. The average molecular weight is 322 g/mol. The van der Waals surface area contributed by atoms with Gasteiger partial charge in [-0.05, 0) is 43.7 Å². The van der Waals surface area contributed by atoms with Crippen LogP contribution in [0, 0.1) is 6.92 Å². The number of para-hydroxylation sites is 1. The Balaban J connectivity index is 1.80. The number of carbonyl (C=O) groups is 1. The molecule has 0 radical (unpaired) electrons. The average Bonchev–Trinajstić information content (AvgIpc) is 3.08. The Labute approximate surface area is 140 Å². The molecule has 6 nitrogen and oxygen atoms in total. The van der Waals surface area contributed by atoms with E-state index in [0.29, 0.717) is 18.0 Å². The summed E-state index contributed by atoms with van der Waals surface area (Å²) in [5.41, 5.74) is 2.50. The number of nitrogens with one attached hydrogen (secondary N) is 1. The Bertz CT molecular complexity index is 843. The molecular formula is C18H18N4O2. The molecule has 24 heavy (non-hydrogen) atoms. The van der Waals surface area contributed by atoms with E-state index in [1.165, 1.54) is 6.33 Å². The van der Waals surface area contributed by atoms with Gasteiger partial charge < -0.3 is 10.1 Å². The lowest BCUT2D eigenvalue weighted by atomic mass is 10.2. The van der Waals surface area contributed by atoms with Crippen molar-refractivity contribution in [2.75, 3.05) is 11.9 Å². The summed E-state index contributed by atoms with van der Waals surface area (Å²) < 4.78 is 7.13. The number of anilines is 1. The zero-order valence-electron chi connectivity index (χ0n) is 13.6. The first-order valence-corrected chi connectivity index (χ1v) is 7.69. The second-order valence-corrected chi connectivity index (χ2v) is 5.24. The number of nitrogens with zero attached hydrogens (tertiary/aromatic N) is 3. The normalized spacial score (nSPS) is 10.4. The number of amides is 1. The Morgan fingerprint density at radius 2 is 2.00 bits per heavy atom. The van der Waals surface area contributed by atoms with Gasteiger partial charge >= 0.3 is 0 Å². The van der Waals surface area contributed by atoms with E-state index in [9.17, 15) is 4.79 Å². The van der Waals surface area contributed by atoms with Gasteiger partial charge in [0.25, 0.3) is 5.91 Å². The SMILES string of the molecule is CCOc1cc(C)ccc1NC(=O)c1ncn(-c2ccccc2)n1. The van der Waals surface area contributed by atoms with E-state index in [1.807, 2.05) is 62.4 Å². The smallest absolute Gasteiger partial charge is 0.295 e. The van der Waals surface area contributed by atoms with E-state index in [4.69, 9.17) is 4.74 Å². The molecule has 3 aromatic rings. The monoisotopic (exact) mass is 322 g/mol. The highest BCUT2D eigenvalue weighted by Gasteiger charge is 2.15. The molecule has 0 fully saturated rings. The Hall–Kier alpha value is -3.15. The standard InChI is InChI=1S/C18H18N4O2/c1-3-24-16-11-13(2)9-10-15(16)20-18(23)17-19-12-22(21-17)14-7-5-4-6-8-14/h4-12H,3H2,1-2H3,(H,20,23). The van der Waals surface area contributed by atoms with Gasteiger partial charge in [0.1, 0.15) is 12.1 Å². The number of hydrogen-bond donors (Lipinski definition) is 1. The van der Waals surface area contributed by atoms with Crippen LogP contribution in [0.5, 0.6) is 5.75 Å². The molecular weight excluding hydrogens is 304 g/mol. The number of hydrogen-bond acceptors (Lipinski definition) is 4. The molecule has 1 heterocycles. The fraction of sp³-hybridized carbons (Fsp3) is 0.167. The highest BCUT2D eigenvalue weighted by atomic mass is 16.5. The molecule has 0 aliphatic heterocycles. The third kappa shape index (κ3) is 3.43. The molecule has 0 atom stereocenters. The first-order valence-electron chi connectivity index (χ1n) is 7.69. The van der Waals surface area contributed by atoms with Crippen molar-refractivity contribution in [3.8, 4) is 11.4 Å². The Kier molecular flexibility index (Phi) is 4.56. The zero-order chi connectivity index (χ0) is 16.9. The van der Waals surface area contributed by atoms with Crippen LogP contribution in [0.3, 0.4) is 0 Å². The molecule has 0 bridgehead atoms. The lowest BCUT2D eigenvalue weighted by Gasteiger charge is -2.11. The van der Waals surface area contributed by atoms with Crippen LogP contribution in [0.15, 0.2) is 54.9 Å². The number of aromatic nitrogens is 3. The summed E-state index contributed by atoms with van der Waals surface area (Å²) in [6.45, 7) is 4.39. The Morgan fingerprint density at radius 3 is 2.75 bits per heavy atom. The summed E-state index contributed by atoms with van der Waals surface area (Å²) in [6, 6.07) is 15.1. The summed E-state index contributed by atoms with van der Waals surface area (Å²) >= 11 is 0. The molecule has 122 valence electrons. The van der Waals surface area contributed by atoms with Crippen molar-refractivity contribution in [2.45, 2.75) is 13.8 Å². The summed E-state index contributed by atoms with van der Waals surface area (Å²) in [5, 5.41) is 7.02. The molecule has 0 saturated heterocycles. The number of aryl methyl sites for hydroxylation is 1. The topological polar surface area (TPSA) is 69.0 Å². The van der Waals surface area contributed by atoms with Gasteiger partial charge in [0.15, 0.2) is 0 Å². The van der Waals surface area contributed by atoms with Crippen molar-refractivity contribution in [3.63, 3.8) is 0 Å². The molecule has 0 aliphatic carbocycles. The van der Waals surface area contributed by atoms with Crippen LogP contribution in [0.2, 0.25) is 0 Å². The van der Waals surface area contributed by atoms with E-state index < -0.39 is 0 Å². The van der Waals surface area contributed by atoms with E-state index in [1.54, 1.807) is 4.68 Å². The molecule has 0 aliphatic rings. The first-order chi connectivity index (χ1) is 11.7. The van der Waals surface area contributed by atoms with Gasteiger partial charge in [-0.3, -0.25) is 4.79 Å². The largest absolute Gasteiger partial charge is 0.492 e. The second-order valence-electron chi connectivity index (χ2n) is 5.24. The van der Waals surface area contributed by atoms with E-state index in [-0.39, 0.29) is 11.7 Å². The van der Waals surface area contributed by atoms with Gasteiger partial charge in [-0.2, -0.15) is 0 Å². The predicted octanol–water partition coefficient (Wildman–Crippen LogP) is 3.23. The number of benzene rings is 2. The zero-order valence-corrected chi connectivity index (χ0v) is 13.6. The molecule has 6 heteroatoms. The Morgan fingerprint density at radius 1 is 1.21 bits per heavy atom. The number of rotatable bonds is 5. The van der Waals surface area contributed by atoms with Crippen LogP contribution in [0.1, 0.15) is 23.1 Å². The molecule has 0 unspecified atom stereocenters. The van der Waals surface area contributed by atoms with Crippen molar-refractivity contribution in [1.82, 2.24) is 14.8 Å². The molecule has 3 rings (SSSR count). The summed E-state index contributed by atoms with van der Waals surface area (Å²) in [4.78, 5) is 16.5. The molecule has 2 aromatic carbocycles. The molecule has 1 N–H and O–H groups in total. The third-order valence-electron chi connectivity index (χ3n) is 3.40. The third-order valence-corrected chi connectivity index (χ3v) is 3.40. The van der Waals surface area contributed by atoms with Gasteiger partial charge in [-0.15, -0.1) is 5.10 Å². The van der Waals surface area contributed by atoms with Crippen LogP contribution in [-0.2, 0) is 0 Å². The van der Waals surface area contributed by atoms with E-state index in [0.717, 1.165) is 11.3 Å². The maximum absolute atomic E-state index is 12.4. The maximum Gasteiger partial charge on any atom is 0.295 e. The van der Waals surface area contributed by atoms with E-state index >= 15 is 0 Å². The highest BCUT2D eigenvalue weighted by Crippen LogP contribution is 2.26. The van der Waals surface area contributed by atoms with Crippen molar-refractivity contribution >= 4 is 11.6 Å². The summed E-state index contributed by atoms with van der Waals surface area (Å²) in [5.74, 6) is 0.352. The van der Waals surface area contributed by atoms with Gasteiger partial charge in [0, 0.05) is 0 Å². The first kappa shape index (κ1) is 15.7. The van der Waals surface area contributed by atoms with Gasteiger partial charge in [0.2, 0.25) is 5.82 Å². The lowest BCUT2D eigenvalue weighted by Crippen LogP contribution is -2.15. The van der Waals surface area contributed by atoms with Crippen molar-refractivity contribution in [2.24, 2.45) is 0 Å². The molecule has 0 spiro atoms. The minimum Gasteiger partial charge on any atom is -0.492 e. The summed E-state index contributed by atoms with van der Waals surface area (Å²) in [6.07, 6.45) is 1.52. The van der Waals surface area contributed by atoms with Crippen LogP contribution in [0.25, 0.3) is 5.69 Å². The summed E-state index contributed by atoms with van der Waals surface area (Å²) in [7, 11) is 0. The number of carbonyl (C=O) groups excluding carboxylic acids is 1. The minimum atomic E-state index is -0.380. The van der Waals surface area contributed by atoms with Gasteiger partial charge in [0.05, 0.1) is 18.0 Å². The molecule has 1 aromatic heterocycles.